The van der Waals surface area contributed by atoms with Crippen molar-refractivity contribution in [1.29, 1.82) is 0 Å². The second-order valence-electron chi connectivity index (χ2n) is 17.6. The van der Waals surface area contributed by atoms with E-state index in [0.717, 1.165) is 61.3 Å². The fraction of sp³-hybridized carbons (Fsp3) is 0.0492. The Labute approximate surface area is 371 Å². The second-order valence-corrected chi connectivity index (χ2v) is 17.6. The van der Waals surface area contributed by atoms with Gasteiger partial charge in [0.1, 0.15) is 11.2 Å². The molecule has 0 atom stereocenters. The zero-order valence-corrected chi connectivity index (χ0v) is 35.6. The molecule has 1 aliphatic carbocycles. The van der Waals surface area contributed by atoms with Crippen LogP contribution >= 0.6 is 0 Å². The predicted octanol–water partition coefficient (Wildman–Crippen LogP) is 16.9. The number of hydrogen-bond acceptors (Lipinski definition) is 2. The molecule has 0 radical (unpaired) electrons. The van der Waals surface area contributed by atoms with Crippen LogP contribution in [-0.4, -0.2) is 4.57 Å². The van der Waals surface area contributed by atoms with Gasteiger partial charge in [-0.15, -0.1) is 0 Å². The average Bonchev–Trinajstić information content (AvgIpc) is 3.97. The van der Waals surface area contributed by atoms with Crippen molar-refractivity contribution in [3.8, 4) is 39.1 Å². The van der Waals surface area contributed by atoms with Crippen molar-refractivity contribution in [3.05, 3.63) is 230 Å². The Morgan fingerprint density at radius 3 is 1.89 bits per heavy atom. The molecule has 64 heavy (non-hydrogen) atoms. The van der Waals surface area contributed by atoms with E-state index in [1.165, 1.54) is 60.5 Å². The Morgan fingerprint density at radius 1 is 0.438 bits per heavy atom. The quantitative estimate of drug-likeness (QED) is 0.167. The molecule has 0 N–H and O–H groups in total. The lowest BCUT2D eigenvalue weighted by molar-refractivity contribution is 0.660. The first kappa shape index (κ1) is 36.5. The van der Waals surface area contributed by atoms with Gasteiger partial charge in [-0.3, -0.25) is 0 Å². The molecule has 0 aliphatic heterocycles. The summed E-state index contributed by atoms with van der Waals surface area (Å²) >= 11 is 0. The summed E-state index contributed by atoms with van der Waals surface area (Å²) in [6.45, 7) is 4.73. The predicted molar refractivity (Wildman–Crippen MR) is 269 cm³/mol. The van der Waals surface area contributed by atoms with Gasteiger partial charge in [-0.05, 0) is 86.8 Å². The SMILES string of the molecule is CC1(C)c2ccccc2-c2ccc(N(c3ccc(-c4ccccc4)cc3)c3cccc4c5c(-c6ccccc6)c6c(cc5n(-c5cccc7ccccc57)c34)oc3ccccc36)cc21. The summed E-state index contributed by atoms with van der Waals surface area (Å²) in [5, 5.41) is 6.98. The molecule has 0 amide bonds. The highest BCUT2D eigenvalue weighted by atomic mass is 16.3. The number of benzene rings is 10. The lowest BCUT2D eigenvalue weighted by Crippen LogP contribution is -2.17. The van der Waals surface area contributed by atoms with Gasteiger partial charge in [0.25, 0.3) is 0 Å². The molecule has 1 aliphatic rings. The number of nitrogens with zero attached hydrogens (tertiary/aromatic N) is 2. The van der Waals surface area contributed by atoms with E-state index in [0.29, 0.717) is 0 Å². The van der Waals surface area contributed by atoms with Gasteiger partial charge in [-0.1, -0.05) is 184 Å². The van der Waals surface area contributed by atoms with Crippen LogP contribution in [0, 0.1) is 0 Å². The van der Waals surface area contributed by atoms with Gasteiger partial charge in [0.2, 0.25) is 0 Å². The van der Waals surface area contributed by atoms with Crippen LogP contribution in [0.5, 0.6) is 0 Å². The molecule has 3 nitrogen and oxygen atoms in total. The maximum Gasteiger partial charge on any atom is 0.138 e. The van der Waals surface area contributed by atoms with Gasteiger partial charge < -0.3 is 13.9 Å². The van der Waals surface area contributed by atoms with E-state index in [1.54, 1.807) is 0 Å². The van der Waals surface area contributed by atoms with E-state index in [2.05, 4.69) is 242 Å². The van der Waals surface area contributed by atoms with E-state index < -0.39 is 0 Å². The van der Waals surface area contributed by atoms with Crippen LogP contribution in [0.4, 0.5) is 17.1 Å². The number of furan rings is 1. The molecule has 0 saturated carbocycles. The monoisotopic (exact) mass is 818 g/mol. The largest absolute Gasteiger partial charge is 0.456 e. The first-order valence-electron chi connectivity index (χ1n) is 22.2. The molecule has 13 rings (SSSR count). The number of rotatable bonds is 6. The van der Waals surface area contributed by atoms with E-state index >= 15 is 0 Å². The third-order valence-electron chi connectivity index (χ3n) is 13.8. The van der Waals surface area contributed by atoms with Crippen LogP contribution in [0.1, 0.15) is 25.0 Å². The lowest BCUT2D eigenvalue weighted by Gasteiger charge is -2.29. The topological polar surface area (TPSA) is 21.3 Å². The van der Waals surface area contributed by atoms with Gasteiger partial charge in [-0.2, -0.15) is 0 Å². The van der Waals surface area contributed by atoms with Gasteiger partial charge >= 0.3 is 0 Å². The minimum Gasteiger partial charge on any atom is -0.456 e. The smallest absolute Gasteiger partial charge is 0.138 e. The van der Waals surface area contributed by atoms with Crippen molar-refractivity contribution in [2.24, 2.45) is 0 Å². The highest BCUT2D eigenvalue weighted by Gasteiger charge is 2.36. The van der Waals surface area contributed by atoms with Crippen molar-refractivity contribution in [2.75, 3.05) is 4.90 Å². The van der Waals surface area contributed by atoms with Crippen molar-refractivity contribution < 1.29 is 4.42 Å². The molecule has 3 heteroatoms. The lowest BCUT2D eigenvalue weighted by atomic mass is 9.82. The summed E-state index contributed by atoms with van der Waals surface area (Å²) in [5.74, 6) is 0. The van der Waals surface area contributed by atoms with Gasteiger partial charge in [0.15, 0.2) is 0 Å². The Balaban J connectivity index is 1.18. The number of anilines is 3. The average molecular weight is 819 g/mol. The van der Waals surface area contributed by atoms with Crippen molar-refractivity contribution in [1.82, 2.24) is 4.57 Å². The number of aromatic nitrogens is 1. The first-order valence-corrected chi connectivity index (χ1v) is 22.2. The van der Waals surface area contributed by atoms with Crippen molar-refractivity contribution in [3.63, 3.8) is 0 Å². The molecule has 0 saturated heterocycles. The van der Waals surface area contributed by atoms with Crippen LogP contribution < -0.4 is 4.90 Å². The molecule has 12 aromatic rings. The maximum absolute atomic E-state index is 6.83. The summed E-state index contributed by atoms with van der Waals surface area (Å²) in [6.07, 6.45) is 0. The third-order valence-corrected chi connectivity index (χ3v) is 13.8. The summed E-state index contributed by atoms with van der Waals surface area (Å²) < 4.78 is 9.34. The second kappa shape index (κ2) is 13.9. The maximum atomic E-state index is 6.83. The summed E-state index contributed by atoms with van der Waals surface area (Å²) in [7, 11) is 0. The zero-order chi connectivity index (χ0) is 42.5. The number of para-hydroxylation sites is 2. The summed E-state index contributed by atoms with van der Waals surface area (Å²) in [5.41, 5.74) is 18.2. The molecule has 0 fully saturated rings. The normalized spacial score (nSPS) is 13.0. The first-order chi connectivity index (χ1) is 31.5. The van der Waals surface area contributed by atoms with E-state index in [-0.39, 0.29) is 5.41 Å². The van der Waals surface area contributed by atoms with Gasteiger partial charge in [0.05, 0.1) is 22.4 Å². The Hall–Kier alpha value is -8.14. The Morgan fingerprint density at radius 2 is 1.06 bits per heavy atom. The summed E-state index contributed by atoms with van der Waals surface area (Å²) in [4.78, 5) is 2.48. The third kappa shape index (κ3) is 5.34. The van der Waals surface area contributed by atoms with Gasteiger partial charge in [-0.25, -0.2) is 0 Å². The van der Waals surface area contributed by atoms with Crippen LogP contribution in [0.2, 0.25) is 0 Å². The minimum atomic E-state index is -0.171. The molecule has 2 heterocycles. The number of hydrogen-bond donors (Lipinski definition) is 0. The van der Waals surface area contributed by atoms with E-state index in [1.807, 2.05) is 0 Å². The van der Waals surface area contributed by atoms with Crippen LogP contribution in [0.15, 0.2) is 223 Å². The molecule has 10 aromatic carbocycles. The standard InChI is InChI=1S/C61H42N2O/c1-61(2)50-27-13-11-24-46(50)47-36-35-44(37-51(47)61)62(43-33-31-40(32-34-43)39-17-5-3-6-18-39)53-29-16-26-49-58-54(63(60(49)53)52-28-15-22-41-19-9-10-23-45(41)52)38-56-59(48-25-12-14-30-55(48)64-56)57(58)42-20-7-4-8-21-42/h3-38H,1-2H3. The van der Waals surface area contributed by atoms with E-state index in [9.17, 15) is 0 Å². The zero-order valence-electron chi connectivity index (χ0n) is 35.6. The summed E-state index contributed by atoms with van der Waals surface area (Å²) in [6, 6.07) is 79.7. The van der Waals surface area contributed by atoms with Crippen LogP contribution in [0.3, 0.4) is 0 Å². The molecule has 302 valence electrons. The molecule has 0 unspecified atom stereocenters. The Bertz CT molecular complexity index is 3790. The van der Waals surface area contributed by atoms with Crippen molar-refractivity contribution in [2.45, 2.75) is 19.3 Å². The number of fused-ring (bicyclic) bond motifs is 10. The highest BCUT2D eigenvalue weighted by Crippen LogP contribution is 2.53. The van der Waals surface area contributed by atoms with Crippen molar-refractivity contribution >= 4 is 71.6 Å². The van der Waals surface area contributed by atoms with Gasteiger partial charge in [0, 0.05) is 55.4 Å². The minimum absolute atomic E-state index is 0.171. The van der Waals surface area contributed by atoms with Crippen LogP contribution in [-0.2, 0) is 5.41 Å². The van der Waals surface area contributed by atoms with Crippen LogP contribution in [0.25, 0.3) is 93.6 Å². The molecule has 2 aromatic heterocycles. The highest BCUT2D eigenvalue weighted by molar-refractivity contribution is 6.28. The van der Waals surface area contributed by atoms with E-state index in [4.69, 9.17) is 4.42 Å². The molecule has 0 bridgehead atoms. The fourth-order valence-electron chi connectivity index (χ4n) is 10.8. The molecule has 0 spiro atoms. The molecular formula is C61H42N2O. The fourth-order valence-corrected chi connectivity index (χ4v) is 10.8. The molecular weight excluding hydrogens is 777 g/mol. The Kier molecular flexibility index (Phi) is 7.95.